The van der Waals surface area contributed by atoms with Gasteiger partial charge in [0.1, 0.15) is 5.56 Å². The van der Waals surface area contributed by atoms with Crippen LogP contribution in [0.5, 0.6) is 0 Å². The highest BCUT2D eigenvalue weighted by molar-refractivity contribution is 5.88. The topological polar surface area (TPSA) is 72.6 Å². The quantitative estimate of drug-likeness (QED) is 0.872. The fourth-order valence-corrected chi connectivity index (χ4v) is 1.79. The zero-order chi connectivity index (χ0) is 12.6. The molecule has 1 N–H and O–H groups in total. The lowest BCUT2D eigenvalue weighted by atomic mass is 10.1. The molecule has 1 aliphatic rings. The molecule has 0 spiro atoms. The van der Waals surface area contributed by atoms with Gasteiger partial charge in [0.2, 0.25) is 0 Å². The molecule has 0 bridgehead atoms. The van der Waals surface area contributed by atoms with Crippen molar-refractivity contribution in [3.05, 3.63) is 17.5 Å². The maximum Gasteiger partial charge on any atom is 0.340 e. The number of carbonyl (C=O) groups is 1. The summed E-state index contributed by atoms with van der Waals surface area (Å²) in [5.74, 6) is -0.00475. The minimum Gasteiger partial charge on any atom is -0.478 e. The van der Waals surface area contributed by atoms with Gasteiger partial charge in [-0.2, -0.15) is 0 Å². The van der Waals surface area contributed by atoms with Crippen molar-refractivity contribution in [3.8, 4) is 0 Å². The summed E-state index contributed by atoms with van der Waals surface area (Å²) in [6.07, 6.45) is 2.17. The van der Waals surface area contributed by atoms with Gasteiger partial charge in [0.15, 0.2) is 5.76 Å². The van der Waals surface area contributed by atoms with E-state index in [0.29, 0.717) is 18.3 Å². The minimum atomic E-state index is -0.983. The molecule has 2 atom stereocenters. The minimum absolute atomic E-state index is 0.144. The third-order valence-corrected chi connectivity index (χ3v) is 2.82. The number of rotatable bonds is 4. The van der Waals surface area contributed by atoms with E-state index in [1.807, 2.05) is 20.8 Å². The summed E-state index contributed by atoms with van der Waals surface area (Å²) >= 11 is 0. The molecule has 0 aromatic carbocycles. The first-order valence-corrected chi connectivity index (χ1v) is 5.70. The standard InChI is InChI=1S/C12H17NO4/c1-12(2,3)16-6-7-4-8(7)10-9(11(14)15)5-13-17-10/h5,7-8H,4,6H2,1-3H3,(H,14,15). The van der Waals surface area contributed by atoms with Crippen LogP contribution in [-0.4, -0.2) is 28.4 Å². The fraction of sp³-hybridized carbons (Fsp3) is 0.667. The number of aromatic nitrogens is 1. The number of aromatic carboxylic acids is 1. The van der Waals surface area contributed by atoms with Crippen molar-refractivity contribution in [2.45, 2.75) is 38.7 Å². The van der Waals surface area contributed by atoms with Crippen molar-refractivity contribution < 1.29 is 19.2 Å². The van der Waals surface area contributed by atoms with E-state index in [9.17, 15) is 4.79 Å². The van der Waals surface area contributed by atoms with Gasteiger partial charge in [-0.15, -0.1) is 0 Å². The van der Waals surface area contributed by atoms with Crippen LogP contribution in [-0.2, 0) is 4.74 Å². The van der Waals surface area contributed by atoms with Crippen LogP contribution in [0.3, 0.4) is 0 Å². The van der Waals surface area contributed by atoms with Gasteiger partial charge in [-0.25, -0.2) is 4.79 Å². The second-order valence-electron chi connectivity index (χ2n) is 5.43. The molecule has 0 amide bonds. The Kier molecular flexibility index (Phi) is 2.95. The van der Waals surface area contributed by atoms with Gasteiger partial charge in [-0.05, 0) is 33.1 Å². The smallest absolute Gasteiger partial charge is 0.340 e. The summed E-state index contributed by atoms with van der Waals surface area (Å²) in [7, 11) is 0. The Balaban J connectivity index is 1.94. The van der Waals surface area contributed by atoms with Crippen LogP contribution >= 0.6 is 0 Å². The predicted molar refractivity (Wildman–Crippen MR) is 60.0 cm³/mol. The molecule has 1 aromatic heterocycles. The fourth-order valence-electron chi connectivity index (χ4n) is 1.79. The van der Waals surface area contributed by atoms with Gasteiger partial charge < -0.3 is 14.4 Å². The predicted octanol–water partition coefficient (Wildman–Crippen LogP) is 2.29. The Hall–Kier alpha value is -1.36. The van der Waals surface area contributed by atoms with E-state index in [4.69, 9.17) is 14.4 Å². The SMILES string of the molecule is CC(C)(C)OCC1CC1c1oncc1C(=O)O. The van der Waals surface area contributed by atoms with Crippen LogP contribution in [0.4, 0.5) is 0 Å². The first-order valence-electron chi connectivity index (χ1n) is 5.70. The van der Waals surface area contributed by atoms with Crippen molar-refractivity contribution in [2.75, 3.05) is 6.61 Å². The molecule has 2 rings (SSSR count). The lowest BCUT2D eigenvalue weighted by Gasteiger charge is -2.19. The zero-order valence-corrected chi connectivity index (χ0v) is 10.3. The molecule has 5 nitrogen and oxygen atoms in total. The lowest BCUT2D eigenvalue weighted by molar-refractivity contribution is -0.00979. The van der Waals surface area contributed by atoms with E-state index in [1.165, 1.54) is 6.20 Å². The molecule has 0 aliphatic heterocycles. The number of nitrogens with zero attached hydrogens (tertiary/aromatic N) is 1. The van der Waals surface area contributed by atoms with Gasteiger partial charge in [0.05, 0.1) is 18.4 Å². The molecule has 1 aromatic rings. The maximum absolute atomic E-state index is 10.9. The highest BCUT2D eigenvalue weighted by Gasteiger charge is 2.44. The summed E-state index contributed by atoms with van der Waals surface area (Å²) in [5, 5.41) is 12.5. The first-order chi connectivity index (χ1) is 7.88. The molecule has 0 saturated heterocycles. The van der Waals surface area contributed by atoms with Gasteiger partial charge in [0, 0.05) is 5.92 Å². The van der Waals surface area contributed by atoms with E-state index >= 15 is 0 Å². The molecular formula is C12H17NO4. The van der Waals surface area contributed by atoms with Crippen LogP contribution < -0.4 is 0 Å². The molecule has 1 aliphatic carbocycles. The zero-order valence-electron chi connectivity index (χ0n) is 10.3. The first kappa shape index (κ1) is 12.1. The number of carboxylic acid groups (broad SMARTS) is 1. The van der Waals surface area contributed by atoms with Crippen LogP contribution in [0.25, 0.3) is 0 Å². The van der Waals surface area contributed by atoms with E-state index in [2.05, 4.69) is 5.16 Å². The highest BCUT2D eigenvalue weighted by Crippen LogP contribution is 2.49. The maximum atomic E-state index is 10.9. The molecule has 5 heteroatoms. The normalized spacial score (nSPS) is 23.7. The summed E-state index contributed by atoms with van der Waals surface area (Å²) in [5.41, 5.74) is 0.0118. The van der Waals surface area contributed by atoms with Crippen molar-refractivity contribution in [1.82, 2.24) is 5.16 Å². The molecule has 0 radical (unpaired) electrons. The number of ether oxygens (including phenoxy) is 1. The Labute approximate surface area is 99.7 Å². The molecule has 1 fully saturated rings. The van der Waals surface area contributed by atoms with Crippen molar-refractivity contribution in [2.24, 2.45) is 5.92 Å². The Morgan fingerprint density at radius 1 is 1.65 bits per heavy atom. The van der Waals surface area contributed by atoms with Gasteiger partial charge in [0.25, 0.3) is 0 Å². The third-order valence-electron chi connectivity index (χ3n) is 2.82. The number of carboxylic acids is 1. The average Bonchev–Trinajstić information content (AvgIpc) is 2.80. The second-order valence-corrected chi connectivity index (χ2v) is 5.43. The molecule has 1 saturated carbocycles. The molecule has 2 unspecified atom stereocenters. The molecule has 1 heterocycles. The largest absolute Gasteiger partial charge is 0.478 e. The summed E-state index contributed by atoms with van der Waals surface area (Å²) in [6.45, 7) is 6.64. The highest BCUT2D eigenvalue weighted by atomic mass is 16.5. The Bertz CT molecular complexity index is 418. The van der Waals surface area contributed by atoms with Crippen molar-refractivity contribution in [3.63, 3.8) is 0 Å². The summed E-state index contributed by atoms with van der Waals surface area (Å²) in [6, 6.07) is 0. The van der Waals surface area contributed by atoms with E-state index in [0.717, 1.165) is 6.42 Å². The van der Waals surface area contributed by atoms with Crippen LogP contribution in [0.2, 0.25) is 0 Å². The Morgan fingerprint density at radius 2 is 2.35 bits per heavy atom. The van der Waals surface area contributed by atoms with Crippen molar-refractivity contribution in [1.29, 1.82) is 0 Å². The van der Waals surface area contributed by atoms with E-state index in [-0.39, 0.29) is 17.1 Å². The van der Waals surface area contributed by atoms with E-state index < -0.39 is 5.97 Å². The van der Waals surface area contributed by atoms with Gasteiger partial charge in [-0.3, -0.25) is 0 Å². The van der Waals surface area contributed by atoms with E-state index in [1.54, 1.807) is 0 Å². The third kappa shape index (κ3) is 2.85. The lowest BCUT2D eigenvalue weighted by Crippen LogP contribution is -2.20. The molecular weight excluding hydrogens is 222 g/mol. The van der Waals surface area contributed by atoms with Crippen LogP contribution in [0, 0.1) is 5.92 Å². The van der Waals surface area contributed by atoms with Crippen LogP contribution in [0.15, 0.2) is 10.7 Å². The van der Waals surface area contributed by atoms with Crippen LogP contribution in [0.1, 0.15) is 49.2 Å². The Morgan fingerprint density at radius 3 is 2.94 bits per heavy atom. The number of hydrogen-bond acceptors (Lipinski definition) is 4. The second kappa shape index (κ2) is 4.14. The monoisotopic (exact) mass is 239 g/mol. The number of hydrogen-bond donors (Lipinski definition) is 1. The van der Waals surface area contributed by atoms with Gasteiger partial charge >= 0.3 is 5.97 Å². The van der Waals surface area contributed by atoms with Gasteiger partial charge in [-0.1, -0.05) is 5.16 Å². The average molecular weight is 239 g/mol. The summed E-state index contributed by atoms with van der Waals surface area (Å²) < 4.78 is 10.7. The molecule has 17 heavy (non-hydrogen) atoms. The summed E-state index contributed by atoms with van der Waals surface area (Å²) in [4.78, 5) is 10.9. The molecule has 94 valence electrons. The van der Waals surface area contributed by atoms with Crippen molar-refractivity contribution >= 4 is 5.97 Å².